The van der Waals surface area contributed by atoms with Gasteiger partial charge >= 0.3 is 11.2 Å². The Bertz CT molecular complexity index is 559. The fourth-order valence-electron chi connectivity index (χ4n) is 1.49. The van der Waals surface area contributed by atoms with Crippen LogP contribution in [0.4, 0.5) is 8.78 Å². The van der Waals surface area contributed by atoms with Crippen molar-refractivity contribution < 1.29 is 18.3 Å². The lowest BCUT2D eigenvalue weighted by molar-refractivity contribution is -0.161. The molecule has 0 aliphatic rings. The van der Waals surface area contributed by atoms with Crippen molar-refractivity contribution in [2.45, 2.75) is 16.8 Å². The van der Waals surface area contributed by atoms with Crippen LogP contribution in [0.1, 0.15) is 5.56 Å². The van der Waals surface area contributed by atoms with Crippen molar-refractivity contribution >= 4 is 17.7 Å². The maximum Gasteiger partial charge on any atom is 0.393 e. The fourth-order valence-corrected chi connectivity index (χ4v) is 2.22. The third-order valence-corrected chi connectivity index (χ3v) is 3.37. The van der Waals surface area contributed by atoms with E-state index in [2.05, 4.69) is 4.74 Å². The molecule has 2 aromatic carbocycles. The van der Waals surface area contributed by atoms with Crippen LogP contribution in [-0.4, -0.2) is 11.2 Å². The van der Waals surface area contributed by atoms with E-state index in [-0.39, 0.29) is 18.4 Å². The first-order valence-electron chi connectivity index (χ1n) is 5.91. The van der Waals surface area contributed by atoms with E-state index in [0.717, 1.165) is 0 Å². The number of hydrogen-bond acceptors (Lipinski definition) is 3. The Labute approximate surface area is 119 Å². The zero-order valence-corrected chi connectivity index (χ0v) is 11.3. The molecule has 2 aromatic rings. The van der Waals surface area contributed by atoms with Gasteiger partial charge in [0.1, 0.15) is 6.61 Å². The van der Waals surface area contributed by atoms with Gasteiger partial charge in [-0.1, -0.05) is 48.5 Å². The van der Waals surface area contributed by atoms with E-state index in [1.807, 2.05) is 0 Å². The Kier molecular flexibility index (Phi) is 4.74. The van der Waals surface area contributed by atoms with Crippen molar-refractivity contribution in [1.82, 2.24) is 0 Å². The van der Waals surface area contributed by atoms with Crippen molar-refractivity contribution in [1.29, 1.82) is 0 Å². The van der Waals surface area contributed by atoms with E-state index in [1.54, 1.807) is 48.5 Å². The second kappa shape index (κ2) is 6.52. The highest BCUT2D eigenvalue weighted by molar-refractivity contribution is 8.01. The fraction of sp³-hybridized carbons (Fsp3) is 0.133. The molecule has 0 unspecified atom stereocenters. The first-order valence-corrected chi connectivity index (χ1v) is 6.72. The van der Waals surface area contributed by atoms with Crippen molar-refractivity contribution in [3.63, 3.8) is 0 Å². The maximum atomic E-state index is 13.7. The standard InChI is InChI=1S/C15H12F2O2S/c16-15(17,20-13-9-5-2-6-10-13)14(18)19-11-12-7-3-1-4-8-12/h1-10H,11H2. The van der Waals surface area contributed by atoms with Gasteiger partial charge in [0.05, 0.1) is 0 Å². The van der Waals surface area contributed by atoms with Crippen molar-refractivity contribution in [3.05, 3.63) is 66.2 Å². The molecule has 0 N–H and O–H groups in total. The molecule has 0 bridgehead atoms. The largest absolute Gasteiger partial charge is 0.456 e. The van der Waals surface area contributed by atoms with Gasteiger partial charge < -0.3 is 4.74 Å². The number of esters is 1. The van der Waals surface area contributed by atoms with E-state index >= 15 is 0 Å². The molecule has 0 saturated carbocycles. The molecule has 0 atom stereocenters. The molecule has 0 amide bonds. The lowest BCUT2D eigenvalue weighted by atomic mass is 10.2. The van der Waals surface area contributed by atoms with Gasteiger partial charge in [-0.3, -0.25) is 0 Å². The molecule has 0 aromatic heterocycles. The van der Waals surface area contributed by atoms with E-state index < -0.39 is 11.2 Å². The Morgan fingerprint density at radius 1 is 1.00 bits per heavy atom. The molecular weight excluding hydrogens is 282 g/mol. The number of rotatable bonds is 5. The predicted molar refractivity (Wildman–Crippen MR) is 73.5 cm³/mol. The van der Waals surface area contributed by atoms with Crippen molar-refractivity contribution in [3.8, 4) is 0 Å². The van der Waals surface area contributed by atoms with Gasteiger partial charge in [0, 0.05) is 4.90 Å². The number of ether oxygens (including phenoxy) is 1. The monoisotopic (exact) mass is 294 g/mol. The van der Waals surface area contributed by atoms with Crippen molar-refractivity contribution in [2.75, 3.05) is 0 Å². The minimum atomic E-state index is -3.60. The summed E-state index contributed by atoms with van der Waals surface area (Å²) in [5.74, 6) is -1.53. The van der Waals surface area contributed by atoms with Gasteiger partial charge in [0.25, 0.3) is 0 Å². The smallest absolute Gasteiger partial charge is 0.393 e. The summed E-state index contributed by atoms with van der Waals surface area (Å²) in [5.41, 5.74) is 0.668. The summed E-state index contributed by atoms with van der Waals surface area (Å²) in [4.78, 5) is 11.8. The average molecular weight is 294 g/mol. The normalized spacial score (nSPS) is 11.1. The van der Waals surface area contributed by atoms with Crippen molar-refractivity contribution in [2.24, 2.45) is 0 Å². The first-order chi connectivity index (χ1) is 9.58. The van der Waals surface area contributed by atoms with Crippen LogP contribution in [0.15, 0.2) is 65.6 Å². The Hall–Kier alpha value is -1.88. The highest BCUT2D eigenvalue weighted by Gasteiger charge is 2.42. The number of thioether (sulfide) groups is 1. The summed E-state index contributed by atoms with van der Waals surface area (Å²) < 4.78 is 32.0. The summed E-state index contributed by atoms with van der Waals surface area (Å²) in [6, 6.07) is 16.7. The van der Waals surface area contributed by atoms with Gasteiger partial charge in [-0.2, -0.15) is 8.78 Å². The first kappa shape index (κ1) is 14.5. The van der Waals surface area contributed by atoms with Crippen LogP contribution in [-0.2, 0) is 16.1 Å². The zero-order valence-electron chi connectivity index (χ0n) is 10.5. The van der Waals surface area contributed by atoms with Gasteiger partial charge in [-0.05, 0) is 29.5 Å². The predicted octanol–water partition coefficient (Wildman–Crippen LogP) is 4.11. The Balaban J connectivity index is 1.93. The molecule has 0 aliphatic carbocycles. The van der Waals surface area contributed by atoms with E-state index in [0.29, 0.717) is 10.5 Å². The van der Waals surface area contributed by atoms with Crippen LogP contribution >= 0.6 is 11.8 Å². The van der Waals surface area contributed by atoms with E-state index in [4.69, 9.17) is 0 Å². The number of halogens is 2. The molecule has 0 aliphatic heterocycles. The third-order valence-electron chi connectivity index (χ3n) is 2.44. The number of benzene rings is 2. The SMILES string of the molecule is O=C(OCc1ccccc1)C(F)(F)Sc1ccccc1. The molecule has 104 valence electrons. The minimum absolute atomic E-state index is 0.162. The summed E-state index contributed by atoms with van der Waals surface area (Å²) in [7, 11) is 0. The van der Waals surface area contributed by atoms with Crippen LogP contribution < -0.4 is 0 Å². The molecule has 2 rings (SSSR count). The lowest BCUT2D eigenvalue weighted by Crippen LogP contribution is -2.26. The minimum Gasteiger partial charge on any atom is -0.456 e. The molecule has 0 fully saturated rings. The highest BCUT2D eigenvalue weighted by Crippen LogP contribution is 2.36. The maximum absolute atomic E-state index is 13.7. The molecule has 0 heterocycles. The van der Waals surface area contributed by atoms with Gasteiger partial charge in [-0.25, -0.2) is 4.79 Å². The number of carbonyl (C=O) groups excluding carboxylic acids is 1. The van der Waals surface area contributed by atoms with E-state index in [1.165, 1.54) is 12.1 Å². The molecule has 2 nitrogen and oxygen atoms in total. The summed E-state index contributed by atoms with van der Waals surface area (Å²) in [6.07, 6.45) is 0. The van der Waals surface area contributed by atoms with Gasteiger partial charge in [0.15, 0.2) is 0 Å². The van der Waals surface area contributed by atoms with Gasteiger partial charge in [-0.15, -0.1) is 0 Å². The quantitative estimate of drug-likeness (QED) is 0.613. The summed E-state index contributed by atoms with van der Waals surface area (Å²) in [5, 5.41) is -3.60. The third kappa shape index (κ3) is 4.06. The number of alkyl halides is 2. The molecule has 0 spiro atoms. The summed E-state index contributed by atoms with van der Waals surface area (Å²) in [6.45, 7) is -0.162. The van der Waals surface area contributed by atoms with E-state index in [9.17, 15) is 13.6 Å². The Morgan fingerprint density at radius 3 is 2.15 bits per heavy atom. The summed E-state index contributed by atoms with van der Waals surface area (Å²) >= 11 is 0.181. The average Bonchev–Trinajstić information content (AvgIpc) is 2.46. The number of hydrogen-bond donors (Lipinski definition) is 0. The number of carbonyl (C=O) groups is 1. The Morgan fingerprint density at radius 2 is 1.55 bits per heavy atom. The molecule has 0 saturated heterocycles. The van der Waals surface area contributed by atoms with Crippen LogP contribution in [0.25, 0.3) is 0 Å². The van der Waals surface area contributed by atoms with Crippen LogP contribution in [0.2, 0.25) is 0 Å². The zero-order chi connectivity index (χ0) is 14.4. The second-order valence-corrected chi connectivity index (χ2v) is 5.18. The topological polar surface area (TPSA) is 26.3 Å². The molecule has 0 radical (unpaired) electrons. The molecular formula is C15H12F2O2S. The molecule has 5 heteroatoms. The van der Waals surface area contributed by atoms with Crippen LogP contribution in [0.5, 0.6) is 0 Å². The highest BCUT2D eigenvalue weighted by atomic mass is 32.2. The van der Waals surface area contributed by atoms with Gasteiger partial charge in [0.2, 0.25) is 0 Å². The van der Waals surface area contributed by atoms with Crippen LogP contribution in [0.3, 0.4) is 0 Å². The van der Waals surface area contributed by atoms with Crippen LogP contribution in [0, 0.1) is 0 Å². The lowest BCUT2D eigenvalue weighted by Gasteiger charge is -2.14. The second-order valence-electron chi connectivity index (χ2n) is 3.99. The molecule has 20 heavy (non-hydrogen) atoms.